The molecular formula is C11H13ClN2O4. The molecule has 1 aromatic carbocycles. The highest BCUT2D eigenvalue weighted by Gasteiger charge is 2.12. The zero-order chi connectivity index (χ0) is 13.7. The summed E-state index contributed by atoms with van der Waals surface area (Å²) in [7, 11) is 0. The van der Waals surface area contributed by atoms with Gasteiger partial charge in [-0.3, -0.25) is 10.1 Å². The van der Waals surface area contributed by atoms with Crippen molar-refractivity contribution >= 4 is 23.5 Å². The normalized spacial score (nSPS) is 11.7. The number of hydrogen-bond acceptors (Lipinski definition) is 4. The monoisotopic (exact) mass is 272 g/mol. The summed E-state index contributed by atoms with van der Waals surface area (Å²) in [5.74, 6) is -0.358. The van der Waals surface area contributed by atoms with Crippen molar-refractivity contribution in [3.05, 3.63) is 28.8 Å². The molecule has 3 amide bonds. The van der Waals surface area contributed by atoms with Crippen molar-refractivity contribution in [1.29, 1.82) is 0 Å². The zero-order valence-electron chi connectivity index (χ0n) is 9.64. The number of imide groups is 1. The number of amides is 3. The minimum Gasteiger partial charge on any atom is -0.483 e. The Labute approximate surface area is 109 Å². The number of aliphatic hydroxyl groups is 1. The molecule has 18 heavy (non-hydrogen) atoms. The van der Waals surface area contributed by atoms with Crippen LogP contribution in [-0.4, -0.2) is 23.7 Å². The Morgan fingerprint density at radius 2 is 2.22 bits per heavy atom. The SMILES string of the molecule is C[C@H](O)c1cc(Cl)ccc1OCC(=O)NC(N)=O. The third-order valence-electron chi connectivity index (χ3n) is 2.04. The third-order valence-corrected chi connectivity index (χ3v) is 2.28. The second kappa shape index (κ2) is 6.23. The number of ether oxygens (including phenoxy) is 1. The van der Waals surface area contributed by atoms with Gasteiger partial charge in [-0.2, -0.15) is 0 Å². The summed E-state index contributed by atoms with van der Waals surface area (Å²) in [6.07, 6.45) is -0.794. The van der Waals surface area contributed by atoms with Crippen LogP contribution < -0.4 is 15.8 Å². The number of carbonyl (C=O) groups excluding carboxylic acids is 2. The number of nitrogens with two attached hydrogens (primary N) is 1. The first-order valence-corrected chi connectivity index (χ1v) is 5.47. The molecule has 6 nitrogen and oxygen atoms in total. The van der Waals surface area contributed by atoms with E-state index in [1.54, 1.807) is 13.0 Å². The van der Waals surface area contributed by atoms with Crippen molar-refractivity contribution in [3.63, 3.8) is 0 Å². The summed E-state index contributed by atoms with van der Waals surface area (Å²) in [5, 5.41) is 11.8. The molecule has 1 aromatic rings. The van der Waals surface area contributed by atoms with E-state index in [1.165, 1.54) is 12.1 Å². The maximum Gasteiger partial charge on any atom is 0.318 e. The first-order valence-electron chi connectivity index (χ1n) is 5.09. The van der Waals surface area contributed by atoms with Crippen LogP contribution >= 0.6 is 11.6 Å². The van der Waals surface area contributed by atoms with Gasteiger partial charge in [0.25, 0.3) is 5.91 Å². The van der Waals surface area contributed by atoms with E-state index >= 15 is 0 Å². The minimum absolute atomic E-state index is 0.314. The number of rotatable bonds is 4. The molecule has 0 fully saturated rings. The average molecular weight is 273 g/mol. The molecule has 0 unspecified atom stereocenters. The van der Waals surface area contributed by atoms with E-state index in [-0.39, 0.29) is 6.61 Å². The molecule has 7 heteroatoms. The van der Waals surface area contributed by atoms with E-state index in [2.05, 4.69) is 0 Å². The quantitative estimate of drug-likeness (QED) is 0.760. The van der Waals surface area contributed by atoms with Crippen molar-refractivity contribution in [2.75, 3.05) is 6.61 Å². The van der Waals surface area contributed by atoms with Crippen molar-refractivity contribution in [2.45, 2.75) is 13.0 Å². The number of halogens is 1. The molecule has 0 aliphatic carbocycles. The fourth-order valence-electron chi connectivity index (χ4n) is 1.29. The summed E-state index contributed by atoms with van der Waals surface area (Å²) in [5.41, 5.74) is 5.23. The molecule has 0 spiro atoms. The van der Waals surface area contributed by atoms with Gasteiger partial charge in [0.2, 0.25) is 0 Å². The van der Waals surface area contributed by atoms with Gasteiger partial charge < -0.3 is 15.6 Å². The predicted molar refractivity (Wildman–Crippen MR) is 65.3 cm³/mol. The smallest absolute Gasteiger partial charge is 0.318 e. The van der Waals surface area contributed by atoms with Crippen LogP contribution in [0.3, 0.4) is 0 Å². The number of nitrogens with one attached hydrogen (secondary N) is 1. The molecule has 0 saturated heterocycles. The highest BCUT2D eigenvalue weighted by atomic mass is 35.5. The first kappa shape index (κ1) is 14.3. The fraction of sp³-hybridized carbons (Fsp3) is 0.273. The van der Waals surface area contributed by atoms with E-state index in [0.717, 1.165) is 0 Å². The van der Waals surface area contributed by atoms with Crippen molar-refractivity contribution < 1.29 is 19.4 Å². The topological polar surface area (TPSA) is 102 Å². The highest BCUT2D eigenvalue weighted by Crippen LogP contribution is 2.28. The Balaban J connectivity index is 2.72. The molecule has 0 heterocycles. The predicted octanol–water partition coefficient (Wildman–Crippen LogP) is 0.967. The Kier molecular flexibility index (Phi) is 4.94. The second-order valence-electron chi connectivity index (χ2n) is 3.56. The number of carbonyl (C=O) groups is 2. The highest BCUT2D eigenvalue weighted by molar-refractivity contribution is 6.30. The second-order valence-corrected chi connectivity index (χ2v) is 4.00. The van der Waals surface area contributed by atoms with Gasteiger partial charge >= 0.3 is 6.03 Å². The number of benzene rings is 1. The van der Waals surface area contributed by atoms with Crippen LogP contribution in [0.4, 0.5) is 4.79 Å². The average Bonchev–Trinajstić information content (AvgIpc) is 2.26. The van der Waals surface area contributed by atoms with Crippen molar-refractivity contribution in [1.82, 2.24) is 5.32 Å². The van der Waals surface area contributed by atoms with Gasteiger partial charge in [0, 0.05) is 10.6 Å². The van der Waals surface area contributed by atoms with E-state index in [9.17, 15) is 14.7 Å². The lowest BCUT2D eigenvalue weighted by Crippen LogP contribution is -2.38. The zero-order valence-corrected chi connectivity index (χ0v) is 10.4. The molecule has 1 rings (SSSR count). The number of urea groups is 1. The number of aliphatic hydroxyl groups excluding tert-OH is 1. The van der Waals surface area contributed by atoms with Crippen molar-refractivity contribution in [3.8, 4) is 5.75 Å². The molecule has 1 atom stereocenters. The maximum absolute atomic E-state index is 11.1. The van der Waals surface area contributed by atoms with Gasteiger partial charge in [0.15, 0.2) is 6.61 Å². The summed E-state index contributed by atoms with van der Waals surface area (Å²) >= 11 is 5.79. The van der Waals surface area contributed by atoms with E-state index in [0.29, 0.717) is 16.3 Å². The van der Waals surface area contributed by atoms with Gasteiger partial charge in [0.05, 0.1) is 6.10 Å². The lowest BCUT2D eigenvalue weighted by molar-refractivity contribution is -0.121. The van der Waals surface area contributed by atoms with E-state index < -0.39 is 18.0 Å². The maximum atomic E-state index is 11.1. The molecule has 0 bridgehead atoms. The standard InChI is InChI=1S/C11H13ClN2O4/c1-6(15)8-4-7(12)2-3-9(8)18-5-10(16)14-11(13)17/h2-4,6,15H,5H2,1H3,(H3,13,14,16,17)/t6-/m0/s1. The Hall–Kier alpha value is -1.79. The third kappa shape index (κ3) is 4.23. The van der Waals surface area contributed by atoms with Crippen LogP contribution in [0.1, 0.15) is 18.6 Å². The van der Waals surface area contributed by atoms with Gasteiger partial charge in [-0.1, -0.05) is 11.6 Å². The molecule has 0 saturated carbocycles. The van der Waals surface area contributed by atoms with Crippen molar-refractivity contribution in [2.24, 2.45) is 5.73 Å². The summed E-state index contributed by atoms with van der Waals surface area (Å²) in [6, 6.07) is 3.68. The van der Waals surface area contributed by atoms with E-state index in [1.807, 2.05) is 5.32 Å². The molecule has 98 valence electrons. The first-order chi connectivity index (χ1) is 8.40. The molecule has 0 aromatic heterocycles. The van der Waals surface area contributed by atoms with Crippen LogP contribution in [0.5, 0.6) is 5.75 Å². The van der Waals surface area contributed by atoms with Gasteiger partial charge in [-0.15, -0.1) is 0 Å². The number of hydrogen-bond donors (Lipinski definition) is 3. The summed E-state index contributed by atoms with van der Waals surface area (Å²) in [4.78, 5) is 21.6. The van der Waals surface area contributed by atoms with Crippen LogP contribution in [0, 0.1) is 0 Å². The Bertz CT molecular complexity index is 462. The van der Waals surface area contributed by atoms with Gasteiger partial charge in [0.1, 0.15) is 5.75 Å². The van der Waals surface area contributed by atoms with Gasteiger partial charge in [-0.05, 0) is 25.1 Å². The van der Waals surface area contributed by atoms with Crippen LogP contribution in [-0.2, 0) is 4.79 Å². The Morgan fingerprint density at radius 1 is 1.56 bits per heavy atom. The molecule has 0 radical (unpaired) electrons. The summed E-state index contributed by atoms with van der Waals surface area (Å²) in [6.45, 7) is 1.16. The fourth-order valence-corrected chi connectivity index (χ4v) is 1.47. The van der Waals surface area contributed by atoms with Gasteiger partial charge in [-0.25, -0.2) is 4.79 Å². The molecule has 0 aliphatic heterocycles. The Morgan fingerprint density at radius 3 is 2.78 bits per heavy atom. The largest absolute Gasteiger partial charge is 0.483 e. The molecule has 4 N–H and O–H groups in total. The molecular weight excluding hydrogens is 260 g/mol. The lowest BCUT2D eigenvalue weighted by Gasteiger charge is -2.13. The summed E-state index contributed by atoms with van der Waals surface area (Å²) < 4.78 is 5.18. The number of primary amides is 1. The van der Waals surface area contributed by atoms with Crippen LogP contribution in [0.2, 0.25) is 5.02 Å². The minimum atomic E-state index is -0.949. The van der Waals surface area contributed by atoms with Crippen LogP contribution in [0.25, 0.3) is 0 Å². The van der Waals surface area contributed by atoms with E-state index in [4.69, 9.17) is 22.1 Å². The lowest BCUT2D eigenvalue weighted by atomic mass is 10.1. The molecule has 0 aliphatic rings. The van der Waals surface area contributed by atoms with Crippen LogP contribution in [0.15, 0.2) is 18.2 Å².